The molecule has 1 aromatic carbocycles. The van der Waals surface area contributed by atoms with Gasteiger partial charge in [-0.3, -0.25) is 4.68 Å². The van der Waals surface area contributed by atoms with E-state index in [1.807, 2.05) is 19.2 Å². The first-order chi connectivity index (χ1) is 12.8. The van der Waals surface area contributed by atoms with Crippen LogP contribution < -0.4 is 16.4 Å². The first-order valence-electron chi connectivity index (χ1n) is 8.74. The van der Waals surface area contributed by atoms with E-state index in [-0.39, 0.29) is 11.6 Å². The van der Waals surface area contributed by atoms with Gasteiger partial charge in [-0.2, -0.15) is 20.3 Å². The number of benzene rings is 1. The highest BCUT2D eigenvalue weighted by Crippen LogP contribution is 2.24. The lowest BCUT2D eigenvalue weighted by Gasteiger charge is -2.22. The van der Waals surface area contributed by atoms with Crippen molar-refractivity contribution < 1.29 is 0 Å². The summed E-state index contributed by atoms with van der Waals surface area (Å²) in [6, 6.07) is 9.11. The molecule has 0 spiro atoms. The Morgan fingerprint density at radius 2 is 1.93 bits per heavy atom. The molecule has 0 saturated heterocycles. The molecule has 2 heterocycles. The lowest BCUT2D eigenvalue weighted by atomic mass is 10.1. The predicted molar refractivity (Wildman–Crippen MR) is 106 cm³/mol. The molecule has 0 aliphatic rings. The standard InChI is InChI=1S/C19H24N8/c1-19(2,3)26-16-14-10-23-27(4)17(14)25-18(24-16)22-11-15(21)13-7-5-12(9-20)6-8-13/h5-8,10,15H,11,21H2,1-4H3,(H2,22,24,25,26)/t15-/m0/s1. The van der Waals surface area contributed by atoms with Crippen molar-refractivity contribution >= 4 is 22.8 Å². The summed E-state index contributed by atoms with van der Waals surface area (Å²) in [6.07, 6.45) is 1.76. The van der Waals surface area contributed by atoms with Crippen LogP contribution in [0.25, 0.3) is 11.0 Å². The van der Waals surface area contributed by atoms with E-state index in [9.17, 15) is 0 Å². The minimum atomic E-state index is -0.248. The lowest BCUT2D eigenvalue weighted by Crippen LogP contribution is -2.27. The van der Waals surface area contributed by atoms with Crippen LogP contribution in [0, 0.1) is 11.3 Å². The van der Waals surface area contributed by atoms with Crippen LogP contribution in [0.2, 0.25) is 0 Å². The number of fused-ring (bicyclic) bond motifs is 1. The fraction of sp³-hybridized carbons (Fsp3) is 0.368. The van der Waals surface area contributed by atoms with Crippen molar-refractivity contribution in [2.24, 2.45) is 12.8 Å². The molecule has 0 aliphatic heterocycles. The molecule has 1 atom stereocenters. The Bertz CT molecular complexity index is 976. The summed E-state index contributed by atoms with van der Waals surface area (Å²) in [5, 5.41) is 20.7. The summed E-state index contributed by atoms with van der Waals surface area (Å²) in [4.78, 5) is 9.17. The lowest BCUT2D eigenvalue weighted by molar-refractivity contribution is 0.631. The molecule has 8 nitrogen and oxygen atoms in total. The zero-order valence-electron chi connectivity index (χ0n) is 16.0. The van der Waals surface area contributed by atoms with E-state index in [4.69, 9.17) is 11.0 Å². The van der Waals surface area contributed by atoms with Crippen LogP contribution in [0.3, 0.4) is 0 Å². The number of nitrogens with two attached hydrogens (primary N) is 1. The van der Waals surface area contributed by atoms with Crippen molar-refractivity contribution in [2.45, 2.75) is 32.4 Å². The minimum Gasteiger partial charge on any atom is -0.365 e. The Hall–Kier alpha value is -3.18. The highest BCUT2D eigenvalue weighted by Gasteiger charge is 2.17. The van der Waals surface area contributed by atoms with E-state index in [0.29, 0.717) is 18.1 Å². The van der Waals surface area contributed by atoms with Crippen molar-refractivity contribution in [1.29, 1.82) is 5.26 Å². The fourth-order valence-electron chi connectivity index (χ4n) is 2.68. The Morgan fingerprint density at radius 3 is 2.56 bits per heavy atom. The summed E-state index contributed by atoms with van der Waals surface area (Å²) in [6.45, 7) is 6.69. The molecular weight excluding hydrogens is 340 g/mol. The Kier molecular flexibility index (Phi) is 4.97. The largest absolute Gasteiger partial charge is 0.365 e. The zero-order valence-corrected chi connectivity index (χ0v) is 16.0. The maximum absolute atomic E-state index is 8.89. The highest BCUT2D eigenvalue weighted by atomic mass is 15.3. The van der Waals surface area contributed by atoms with E-state index in [1.54, 1.807) is 23.0 Å². The normalized spacial score (nSPS) is 12.6. The topological polar surface area (TPSA) is 117 Å². The summed E-state index contributed by atoms with van der Waals surface area (Å²) in [5.74, 6) is 1.22. The average molecular weight is 364 g/mol. The Morgan fingerprint density at radius 1 is 1.22 bits per heavy atom. The zero-order chi connectivity index (χ0) is 19.6. The molecule has 0 bridgehead atoms. The average Bonchev–Trinajstić information content (AvgIpc) is 3.00. The number of nitrogens with zero attached hydrogens (tertiary/aromatic N) is 5. The van der Waals surface area contributed by atoms with Gasteiger partial charge in [-0.05, 0) is 38.5 Å². The summed E-state index contributed by atoms with van der Waals surface area (Å²) in [7, 11) is 1.85. The van der Waals surface area contributed by atoms with Crippen LogP contribution in [0.4, 0.5) is 11.8 Å². The molecule has 0 unspecified atom stereocenters. The molecule has 3 rings (SSSR count). The second-order valence-corrected chi connectivity index (χ2v) is 7.50. The smallest absolute Gasteiger partial charge is 0.226 e. The van der Waals surface area contributed by atoms with Gasteiger partial charge in [-0.1, -0.05) is 12.1 Å². The molecule has 0 fully saturated rings. The fourth-order valence-corrected chi connectivity index (χ4v) is 2.68. The van der Waals surface area contributed by atoms with E-state index in [2.05, 4.69) is 52.5 Å². The van der Waals surface area contributed by atoms with Crippen molar-refractivity contribution in [3.63, 3.8) is 0 Å². The molecule has 0 aliphatic carbocycles. The van der Waals surface area contributed by atoms with E-state index >= 15 is 0 Å². The van der Waals surface area contributed by atoms with Gasteiger partial charge in [0.2, 0.25) is 5.95 Å². The van der Waals surface area contributed by atoms with Crippen LogP contribution >= 0.6 is 0 Å². The first-order valence-corrected chi connectivity index (χ1v) is 8.74. The second-order valence-electron chi connectivity index (χ2n) is 7.50. The Labute approximate surface area is 158 Å². The van der Waals surface area contributed by atoms with Crippen LogP contribution in [0.15, 0.2) is 30.5 Å². The summed E-state index contributed by atoms with van der Waals surface area (Å²) >= 11 is 0. The van der Waals surface area contributed by atoms with Gasteiger partial charge in [-0.25, -0.2) is 0 Å². The molecule has 0 saturated carbocycles. The molecule has 8 heteroatoms. The van der Waals surface area contributed by atoms with Gasteiger partial charge >= 0.3 is 0 Å². The van der Waals surface area contributed by atoms with Gasteiger partial charge in [-0.15, -0.1) is 0 Å². The monoisotopic (exact) mass is 364 g/mol. The summed E-state index contributed by atoms with van der Waals surface area (Å²) < 4.78 is 1.72. The maximum Gasteiger partial charge on any atom is 0.226 e. The highest BCUT2D eigenvalue weighted by molar-refractivity contribution is 5.87. The van der Waals surface area contributed by atoms with Gasteiger partial charge in [0, 0.05) is 25.2 Å². The van der Waals surface area contributed by atoms with Gasteiger partial charge < -0.3 is 16.4 Å². The van der Waals surface area contributed by atoms with Crippen LogP contribution in [0.5, 0.6) is 0 Å². The molecule has 4 N–H and O–H groups in total. The van der Waals surface area contributed by atoms with Gasteiger partial charge in [0.15, 0.2) is 5.65 Å². The van der Waals surface area contributed by atoms with Crippen LogP contribution in [-0.4, -0.2) is 31.8 Å². The number of nitrogens with one attached hydrogen (secondary N) is 2. The second kappa shape index (κ2) is 7.21. The molecule has 27 heavy (non-hydrogen) atoms. The third-order valence-electron chi connectivity index (χ3n) is 4.03. The van der Waals surface area contributed by atoms with Crippen molar-refractivity contribution in [2.75, 3.05) is 17.2 Å². The quantitative estimate of drug-likeness (QED) is 0.637. The maximum atomic E-state index is 8.89. The van der Waals surface area contributed by atoms with Gasteiger partial charge in [0.05, 0.1) is 23.2 Å². The van der Waals surface area contributed by atoms with Crippen molar-refractivity contribution in [3.8, 4) is 6.07 Å². The molecule has 2 aromatic heterocycles. The van der Waals surface area contributed by atoms with E-state index in [0.717, 1.165) is 22.4 Å². The van der Waals surface area contributed by atoms with Gasteiger partial charge in [0.1, 0.15) is 5.82 Å². The molecule has 140 valence electrons. The number of anilines is 2. The minimum absolute atomic E-state index is 0.146. The number of aromatic nitrogens is 4. The third kappa shape index (κ3) is 4.33. The Balaban J connectivity index is 1.81. The number of hydrogen-bond donors (Lipinski definition) is 3. The van der Waals surface area contributed by atoms with E-state index < -0.39 is 0 Å². The number of hydrogen-bond acceptors (Lipinski definition) is 7. The molecule has 0 amide bonds. The number of aryl methyl sites for hydroxylation is 1. The first kappa shape index (κ1) is 18.6. The molecule has 3 aromatic rings. The van der Waals surface area contributed by atoms with Crippen LogP contribution in [0.1, 0.15) is 37.9 Å². The SMILES string of the molecule is Cn1ncc2c(NC(C)(C)C)nc(NC[C@H](N)c3ccc(C#N)cc3)nc21. The number of nitriles is 1. The molecular formula is C19H24N8. The third-order valence-corrected chi connectivity index (χ3v) is 4.03. The van der Waals surface area contributed by atoms with Crippen molar-refractivity contribution in [1.82, 2.24) is 19.7 Å². The summed E-state index contributed by atoms with van der Waals surface area (Å²) in [5.41, 5.74) is 8.41. The van der Waals surface area contributed by atoms with Crippen LogP contribution in [-0.2, 0) is 7.05 Å². The van der Waals surface area contributed by atoms with E-state index in [1.165, 1.54) is 0 Å². The predicted octanol–water partition coefficient (Wildman–Crippen LogP) is 2.56. The van der Waals surface area contributed by atoms with Crippen molar-refractivity contribution in [3.05, 3.63) is 41.6 Å². The molecule has 0 radical (unpaired) electrons. The number of rotatable bonds is 5. The van der Waals surface area contributed by atoms with Gasteiger partial charge in [0.25, 0.3) is 0 Å².